The summed E-state index contributed by atoms with van der Waals surface area (Å²) >= 11 is 5.96. The Morgan fingerprint density at radius 1 is 1.65 bits per heavy atom. The first kappa shape index (κ1) is 15.1. The minimum Gasteiger partial charge on any atom is -0.384 e. The van der Waals surface area contributed by atoms with Crippen molar-refractivity contribution < 1.29 is 4.79 Å². The maximum Gasteiger partial charge on any atom is 0.253 e. The van der Waals surface area contributed by atoms with E-state index in [-0.39, 0.29) is 5.91 Å². The molecule has 1 amide bonds. The summed E-state index contributed by atoms with van der Waals surface area (Å²) in [4.78, 5) is 18.4. The summed E-state index contributed by atoms with van der Waals surface area (Å²) in [6, 6.07) is 2.07. The molecule has 0 radical (unpaired) electrons. The van der Waals surface area contributed by atoms with Crippen LogP contribution in [0.3, 0.4) is 0 Å². The molecule has 110 valence electrons. The lowest BCUT2D eigenvalue weighted by atomic mass is 10.1. The van der Waals surface area contributed by atoms with Crippen molar-refractivity contribution in [3.05, 3.63) is 22.8 Å². The van der Waals surface area contributed by atoms with Gasteiger partial charge in [-0.15, -0.1) is 0 Å². The van der Waals surface area contributed by atoms with Crippen LogP contribution in [-0.2, 0) is 0 Å². The van der Waals surface area contributed by atoms with Crippen molar-refractivity contribution in [2.24, 2.45) is 5.92 Å². The number of likely N-dealkylation sites (tertiary alicyclic amines) is 1. The van der Waals surface area contributed by atoms with Gasteiger partial charge in [-0.05, 0) is 38.8 Å². The van der Waals surface area contributed by atoms with Gasteiger partial charge in [-0.2, -0.15) is 0 Å². The number of hydrogen-bond donors (Lipinski definition) is 2. The summed E-state index contributed by atoms with van der Waals surface area (Å²) in [5.74, 6) is 0.609. The molecule has 1 saturated heterocycles. The second-order valence-corrected chi connectivity index (χ2v) is 5.95. The number of rotatable bonds is 4. The Bertz CT molecular complexity index is 492. The van der Waals surface area contributed by atoms with E-state index in [0.717, 1.165) is 19.5 Å². The van der Waals surface area contributed by atoms with Gasteiger partial charge in [0.15, 0.2) is 0 Å². The molecule has 0 spiro atoms. The van der Waals surface area contributed by atoms with Gasteiger partial charge in [0, 0.05) is 25.3 Å². The molecule has 0 bridgehead atoms. The smallest absolute Gasteiger partial charge is 0.253 e. The first-order valence-corrected chi connectivity index (χ1v) is 7.28. The van der Waals surface area contributed by atoms with Gasteiger partial charge in [-0.1, -0.05) is 11.6 Å². The number of nitrogens with one attached hydrogen (secondary N) is 1. The summed E-state index contributed by atoms with van der Waals surface area (Å²) in [5, 5.41) is 3.26. The third-order valence-electron chi connectivity index (χ3n) is 3.72. The van der Waals surface area contributed by atoms with Gasteiger partial charge < -0.3 is 16.0 Å². The number of carbonyl (C=O) groups excluding carboxylic acids is 1. The zero-order chi connectivity index (χ0) is 14.7. The van der Waals surface area contributed by atoms with Crippen LogP contribution in [-0.4, -0.2) is 41.5 Å². The first-order valence-electron chi connectivity index (χ1n) is 6.90. The van der Waals surface area contributed by atoms with Gasteiger partial charge in [0.2, 0.25) is 0 Å². The average molecular weight is 297 g/mol. The predicted molar refractivity (Wildman–Crippen MR) is 80.8 cm³/mol. The van der Waals surface area contributed by atoms with E-state index in [9.17, 15) is 4.79 Å². The first-order chi connectivity index (χ1) is 9.47. The Morgan fingerprint density at radius 2 is 2.40 bits per heavy atom. The lowest BCUT2D eigenvalue weighted by molar-refractivity contribution is 0.0947. The highest BCUT2D eigenvalue weighted by Gasteiger charge is 2.24. The van der Waals surface area contributed by atoms with Crippen LogP contribution in [0.2, 0.25) is 5.02 Å². The molecule has 6 heteroatoms. The molecule has 2 rings (SSSR count). The fraction of sp³-hybridized carbons (Fsp3) is 0.571. The van der Waals surface area contributed by atoms with Crippen molar-refractivity contribution in [2.45, 2.75) is 26.3 Å². The normalized spacial score (nSPS) is 19.5. The van der Waals surface area contributed by atoms with E-state index in [2.05, 4.69) is 29.0 Å². The molecule has 2 heterocycles. The Kier molecular flexibility index (Phi) is 4.83. The van der Waals surface area contributed by atoms with Crippen molar-refractivity contribution in [2.75, 3.05) is 25.4 Å². The maximum atomic E-state index is 12.1. The van der Waals surface area contributed by atoms with Gasteiger partial charge in [-0.25, -0.2) is 4.98 Å². The summed E-state index contributed by atoms with van der Waals surface area (Å²) in [5.41, 5.74) is 5.97. The van der Waals surface area contributed by atoms with Crippen LogP contribution in [0.5, 0.6) is 0 Å². The van der Waals surface area contributed by atoms with Gasteiger partial charge in [0.05, 0.1) is 10.6 Å². The fourth-order valence-electron chi connectivity index (χ4n) is 2.46. The highest BCUT2D eigenvalue weighted by Crippen LogP contribution is 2.19. The molecule has 1 atom stereocenters. The van der Waals surface area contributed by atoms with E-state index < -0.39 is 0 Å². The van der Waals surface area contributed by atoms with Crippen molar-refractivity contribution in [3.8, 4) is 0 Å². The third-order valence-corrected chi connectivity index (χ3v) is 4.02. The second kappa shape index (κ2) is 6.41. The Hall–Kier alpha value is -1.33. The number of aromatic nitrogens is 1. The maximum absolute atomic E-state index is 12.1. The summed E-state index contributed by atoms with van der Waals surface area (Å²) < 4.78 is 0. The van der Waals surface area contributed by atoms with Crippen molar-refractivity contribution in [3.63, 3.8) is 0 Å². The second-order valence-electron chi connectivity index (χ2n) is 5.54. The third kappa shape index (κ3) is 3.61. The van der Waals surface area contributed by atoms with Crippen LogP contribution in [0.25, 0.3) is 0 Å². The number of hydrogen-bond acceptors (Lipinski definition) is 4. The van der Waals surface area contributed by atoms with E-state index in [1.165, 1.54) is 12.3 Å². The number of anilines is 1. The predicted octanol–water partition coefficient (Wildman–Crippen LogP) is 1.78. The molecule has 1 aromatic rings. The SMILES string of the molecule is CC(C)N1CCC(CNC(=O)c2cc(N)ncc2Cl)C1. The van der Waals surface area contributed by atoms with Crippen LogP contribution in [0.15, 0.2) is 12.3 Å². The topological polar surface area (TPSA) is 71.2 Å². The molecule has 3 N–H and O–H groups in total. The number of halogens is 1. The zero-order valence-electron chi connectivity index (χ0n) is 11.9. The van der Waals surface area contributed by atoms with E-state index in [0.29, 0.717) is 34.9 Å². The van der Waals surface area contributed by atoms with Crippen molar-refractivity contribution in [1.82, 2.24) is 15.2 Å². The molecule has 1 aliphatic heterocycles. The van der Waals surface area contributed by atoms with E-state index in [1.807, 2.05) is 0 Å². The number of pyridine rings is 1. The zero-order valence-corrected chi connectivity index (χ0v) is 12.7. The van der Waals surface area contributed by atoms with Crippen LogP contribution in [0, 0.1) is 5.92 Å². The number of nitrogen functional groups attached to an aromatic ring is 1. The molecule has 5 nitrogen and oxygen atoms in total. The average Bonchev–Trinajstić information content (AvgIpc) is 2.88. The number of nitrogens with zero attached hydrogens (tertiary/aromatic N) is 2. The summed E-state index contributed by atoms with van der Waals surface area (Å²) in [7, 11) is 0. The highest BCUT2D eigenvalue weighted by atomic mass is 35.5. The number of amides is 1. The van der Waals surface area contributed by atoms with Gasteiger partial charge in [0.1, 0.15) is 5.82 Å². The standard InChI is InChI=1S/C14H21ClN4O/c1-9(2)19-4-3-10(8-19)6-18-14(20)11-5-13(16)17-7-12(11)15/h5,7,9-10H,3-4,6,8H2,1-2H3,(H2,16,17)(H,18,20). The molecule has 20 heavy (non-hydrogen) atoms. The van der Waals surface area contributed by atoms with Crippen molar-refractivity contribution >= 4 is 23.3 Å². The molecular formula is C14H21ClN4O. The van der Waals surface area contributed by atoms with Crippen LogP contribution >= 0.6 is 11.6 Å². The fourth-order valence-corrected chi connectivity index (χ4v) is 2.65. The van der Waals surface area contributed by atoms with E-state index in [4.69, 9.17) is 17.3 Å². The summed E-state index contributed by atoms with van der Waals surface area (Å²) in [6.07, 6.45) is 2.52. The van der Waals surface area contributed by atoms with Crippen molar-refractivity contribution in [1.29, 1.82) is 0 Å². The highest BCUT2D eigenvalue weighted by molar-refractivity contribution is 6.33. The molecule has 0 saturated carbocycles. The van der Waals surface area contributed by atoms with Crippen LogP contribution in [0.4, 0.5) is 5.82 Å². The molecule has 1 aromatic heterocycles. The lowest BCUT2D eigenvalue weighted by Gasteiger charge is -2.20. The molecule has 0 aliphatic carbocycles. The number of nitrogens with two attached hydrogens (primary N) is 1. The molecule has 1 fully saturated rings. The van der Waals surface area contributed by atoms with E-state index >= 15 is 0 Å². The summed E-state index contributed by atoms with van der Waals surface area (Å²) in [6.45, 7) is 7.19. The Morgan fingerprint density at radius 3 is 3.05 bits per heavy atom. The lowest BCUT2D eigenvalue weighted by Crippen LogP contribution is -2.33. The Balaban J connectivity index is 1.88. The van der Waals surface area contributed by atoms with Gasteiger partial charge in [-0.3, -0.25) is 4.79 Å². The number of carbonyl (C=O) groups is 1. The molecule has 1 unspecified atom stereocenters. The van der Waals surface area contributed by atoms with E-state index in [1.54, 1.807) is 0 Å². The molecule has 1 aliphatic rings. The molecule has 0 aromatic carbocycles. The monoisotopic (exact) mass is 296 g/mol. The van der Waals surface area contributed by atoms with Crippen LogP contribution in [0.1, 0.15) is 30.6 Å². The molecular weight excluding hydrogens is 276 g/mol. The van der Waals surface area contributed by atoms with Gasteiger partial charge in [0.25, 0.3) is 5.91 Å². The minimum absolute atomic E-state index is 0.188. The minimum atomic E-state index is -0.188. The Labute approximate surface area is 124 Å². The van der Waals surface area contributed by atoms with Gasteiger partial charge >= 0.3 is 0 Å². The van der Waals surface area contributed by atoms with Crippen LogP contribution < -0.4 is 11.1 Å². The quantitative estimate of drug-likeness (QED) is 0.888. The largest absolute Gasteiger partial charge is 0.384 e.